The summed E-state index contributed by atoms with van der Waals surface area (Å²) in [6, 6.07) is 60.8. The van der Waals surface area contributed by atoms with Crippen LogP contribution in [-0.4, -0.2) is 4.98 Å². The molecule has 1 aliphatic rings. The van der Waals surface area contributed by atoms with Gasteiger partial charge in [0.15, 0.2) is 0 Å². The first-order chi connectivity index (χ1) is 22.8. The minimum absolute atomic E-state index is 1.06. The Kier molecular flexibility index (Phi) is 6.36. The van der Waals surface area contributed by atoms with Crippen molar-refractivity contribution < 1.29 is 0 Å². The first kappa shape index (κ1) is 26.6. The van der Waals surface area contributed by atoms with E-state index in [0.717, 1.165) is 33.3 Å². The van der Waals surface area contributed by atoms with Crippen molar-refractivity contribution in [3.63, 3.8) is 0 Å². The Labute approximate surface area is 272 Å². The molecule has 8 aromatic rings. The number of benzene rings is 7. The third-order valence-electron chi connectivity index (χ3n) is 8.79. The molecule has 0 fully saturated rings. The molecule has 0 N–H and O–H groups in total. The van der Waals surface area contributed by atoms with Gasteiger partial charge in [-0.05, 0) is 69.4 Å². The largest absolute Gasteiger partial charge is 0.310 e. The standard InChI is InChI=1S/C43H28N2S/c1-4-13-29(14-5-1)32-19-10-22-35(25-32)45(36-23-11-20-33(26-36)30-15-6-2-7-16-30)37-27-34-21-12-24-38-40(34)39(28-37)41-42(38)46-43(44-41)31-17-8-3-9-18-31/h1-28H. The van der Waals surface area contributed by atoms with Gasteiger partial charge in [0.05, 0.1) is 10.6 Å². The zero-order valence-electron chi connectivity index (χ0n) is 25.0. The molecule has 0 amide bonds. The average Bonchev–Trinajstić information content (AvgIpc) is 3.70. The zero-order valence-corrected chi connectivity index (χ0v) is 25.8. The molecule has 7 aromatic carbocycles. The molecule has 0 aliphatic heterocycles. The summed E-state index contributed by atoms with van der Waals surface area (Å²) in [6.07, 6.45) is 0. The zero-order chi connectivity index (χ0) is 30.5. The van der Waals surface area contributed by atoms with Crippen LogP contribution in [0.2, 0.25) is 0 Å². The number of aromatic nitrogens is 1. The second-order valence-corrected chi connectivity index (χ2v) is 12.6. The summed E-state index contributed by atoms with van der Waals surface area (Å²) in [7, 11) is 0. The Balaban J connectivity index is 1.25. The second-order valence-electron chi connectivity index (χ2n) is 11.6. The van der Waals surface area contributed by atoms with Gasteiger partial charge in [-0.25, -0.2) is 4.98 Å². The van der Waals surface area contributed by atoms with Crippen LogP contribution in [0.1, 0.15) is 0 Å². The van der Waals surface area contributed by atoms with Gasteiger partial charge < -0.3 is 4.90 Å². The first-order valence-electron chi connectivity index (χ1n) is 15.5. The van der Waals surface area contributed by atoms with E-state index in [1.807, 2.05) is 0 Å². The summed E-state index contributed by atoms with van der Waals surface area (Å²) >= 11 is 1.79. The van der Waals surface area contributed by atoms with Crippen LogP contribution in [-0.2, 0) is 0 Å². The summed E-state index contributed by atoms with van der Waals surface area (Å²) in [5.41, 5.74) is 12.8. The van der Waals surface area contributed by atoms with E-state index >= 15 is 0 Å². The van der Waals surface area contributed by atoms with Crippen molar-refractivity contribution in [1.29, 1.82) is 0 Å². The molecule has 1 heterocycles. The molecule has 1 aromatic heterocycles. The highest BCUT2D eigenvalue weighted by Crippen LogP contribution is 2.53. The molecule has 0 atom stereocenters. The van der Waals surface area contributed by atoms with Gasteiger partial charge in [0.1, 0.15) is 5.01 Å². The maximum absolute atomic E-state index is 5.25. The Morgan fingerprint density at radius 3 is 1.57 bits per heavy atom. The number of fused-ring (bicyclic) bond motifs is 3. The minimum Gasteiger partial charge on any atom is -0.310 e. The monoisotopic (exact) mass is 604 g/mol. The van der Waals surface area contributed by atoms with E-state index in [9.17, 15) is 0 Å². The Bertz CT molecular complexity index is 2280. The van der Waals surface area contributed by atoms with Gasteiger partial charge in [0, 0.05) is 33.8 Å². The van der Waals surface area contributed by atoms with Crippen molar-refractivity contribution in [3.05, 3.63) is 170 Å². The summed E-state index contributed by atoms with van der Waals surface area (Å²) in [6.45, 7) is 0. The lowest BCUT2D eigenvalue weighted by atomic mass is 10.0. The van der Waals surface area contributed by atoms with Crippen molar-refractivity contribution in [2.45, 2.75) is 0 Å². The summed E-state index contributed by atoms with van der Waals surface area (Å²) in [5, 5.41) is 3.57. The Morgan fingerprint density at radius 2 is 0.957 bits per heavy atom. The molecule has 46 heavy (non-hydrogen) atoms. The normalized spacial score (nSPS) is 11.5. The van der Waals surface area contributed by atoms with Crippen molar-refractivity contribution in [2.75, 3.05) is 4.90 Å². The van der Waals surface area contributed by atoms with Gasteiger partial charge in [-0.2, -0.15) is 0 Å². The van der Waals surface area contributed by atoms with Crippen LogP contribution in [0, 0.1) is 0 Å². The summed E-state index contributed by atoms with van der Waals surface area (Å²) in [4.78, 5) is 8.90. The van der Waals surface area contributed by atoms with E-state index in [2.05, 4.69) is 175 Å². The van der Waals surface area contributed by atoms with E-state index in [1.54, 1.807) is 11.3 Å². The number of nitrogens with zero attached hydrogens (tertiary/aromatic N) is 2. The predicted molar refractivity (Wildman–Crippen MR) is 195 cm³/mol. The summed E-state index contributed by atoms with van der Waals surface area (Å²) in [5.74, 6) is 0. The van der Waals surface area contributed by atoms with E-state index in [1.165, 1.54) is 49.0 Å². The van der Waals surface area contributed by atoms with Crippen LogP contribution >= 0.6 is 11.3 Å². The van der Waals surface area contributed by atoms with Gasteiger partial charge in [-0.3, -0.25) is 0 Å². The van der Waals surface area contributed by atoms with Crippen molar-refractivity contribution in [3.8, 4) is 54.5 Å². The first-order valence-corrected chi connectivity index (χ1v) is 16.4. The van der Waals surface area contributed by atoms with Crippen molar-refractivity contribution >= 4 is 39.2 Å². The minimum atomic E-state index is 1.06. The summed E-state index contributed by atoms with van der Waals surface area (Å²) < 4.78 is 0. The van der Waals surface area contributed by atoms with Crippen LogP contribution in [0.25, 0.3) is 65.3 Å². The van der Waals surface area contributed by atoms with Crippen LogP contribution in [0.4, 0.5) is 17.1 Å². The lowest BCUT2D eigenvalue weighted by Gasteiger charge is -2.27. The molecule has 0 radical (unpaired) electrons. The van der Waals surface area contributed by atoms with Crippen LogP contribution < -0.4 is 4.90 Å². The SMILES string of the molecule is c1ccc(-c2cccc(N(c3cccc(-c4ccccc4)c3)c3cc4c5c(cccc5c3)-c3sc(-c5ccccc5)nc3-4)c2)cc1. The van der Waals surface area contributed by atoms with Gasteiger partial charge in [-0.1, -0.05) is 133 Å². The number of anilines is 3. The maximum Gasteiger partial charge on any atom is 0.124 e. The molecular weight excluding hydrogens is 577 g/mol. The number of thiazole rings is 1. The van der Waals surface area contributed by atoms with Gasteiger partial charge in [0.2, 0.25) is 0 Å². The van der Waals surface area contributed by atoms with Gasteiger partial charge in [-0.15, -0.1) is 11.3 Å². The highest BCUT2D eigenvalue weighted by atomic mass is 32.1. The van der Waals surface area contributed by atoms with Crippen LogP contribution in [0.3, 0.4) is 0 Å². The van der Waals surface area contributed by atoms with Crippen molar-refractivity contribution in [2.24, 2.45) is 0 Å². The molecule has 0 bridgehead atoms. The number of hydrogen-bond donors (Lipinski definition) is 0. The van der Waals surface area contributed by atoms with Crippen LogP contribution in [0.15, 0.2) is 170 Å². The van der Waals surface area contributed by atoms with Crippen LogP contribution in [0.5, 0.6) is 0 Å². The second kappa shape index (κ2) is 11.0. The molecule has 3 heteroatoms. The molecule has 216 valence electrons. The fourth-order valence-corrected chi connectivity index (χ4v) is 7.78. The molecule has 0 spiro atoms. The molecule has 1 aliphatic carbocycles. The van der Waals surface area contributed by atoms with Gasteiger partial charge >= 0.3 is 0 Å². The van der Waals surface area contributed by atoms with E-state index in [0.29, 0.717) is 0 Å². The fraction of sp³-hybridized carbons (Fsp3) is 0. The number of hydrogen-bond acceptors (Lipinski definition) is 3. The van der Waals surface area contributed by atoms with Crippen molar-refractivity contribution in [1.82, 2.24) is 4.98 Å². The molecular formula is C43H28N2S. The predicted octanol–water partition coefficient (Wildman–Crippen LogP) is 12.4. The number of rotatable bonds is 6. The highest BCUT2D eigenvalue weighted by Gasteiger charge is 2.28. The topological polar surface area (TPSA) is 16.1 Å². The van der Waals surface area contributed by atoms with E-state index < -0.39 is 0 Å². The fourth-order valence-electron chi connectivity index (χ4n) is 6.66. The Morgan fingerprint density at radius 1 is 0.413 bits per heavy atom. The van der Waals surface area contributed by atoms with E-state index in [-0.39, 0.29) is 0 Å². The quantitative estimate of drug-likeness (QED) is 0.188. The maximum atomic E-state index is 5.25. The lowest BCUT2D eigenvalue weighted by Crippen LogP contribution is -2.10. The molecule has 9 rings (SSSR count). The lowest BCUT2D eigenvalue weighted by molar-refractivity contribution is 1.29. The molecule has 0 saturated heterocycles. The van der Waals surface area contributed by atoms with E-state index in [4.69, 9.17) is 4.98 Å². The smallest absolute Gasteiger partial charge is 0.124 e. The molecule has 2 nitrogen and oxygen atoms in total. The third kappa shape index (κ3) is 4.52. The van der Waals surface area contributed by atoms with Gasteiger partial charge in [0.25, 0.3) is 0 Å². The average molecular weight is 605 g/mol. The highest BCUT2D eigenvalue weighted by molar-refractivity contribution is 7.19. The third-order valence-corrected chi connectivity index (χ3v) is 9.93. The molecule has 0 saturated carbocycles. The Hall–Kier alpha value is -5.77. The molecule has 0 unspecified atom stereocenters.